The summed E-state index contributed by atoms with van der Waals surface area (Å²) in [5.41, 5.74) is 1.54. The summed E-state index contributed by atoms with van der Waals surface area (Å²) in [4.78, 5) is 0. The maximum Gasteiger partial charge on any atom is 0.203 e. The highest BCUT2D eigenvalue weighted by molar-refractivity contribution is 5.75. The van der Waals surface area contributed by atoms with Crippen LogP contribution in [0.1, 0.15) is 11.1 Å². The molecule has 122 valence electrons. The molecule has 0 atom stereocenters. The number of aromatic hydroxyl groups is 1. The van der Waals surface area contributed by atoms with Gasteiger partial charge in [-0.05, 0) is 29.8 Å². The number of rotatable bonds is 6. The molecule has 5 nitrogen and oxygen atoms in total. The molecule has 5 heteroatoms. The van der Waals surface area contributed by atoms with E-state index in [-0.39, 0.29) is 5.75 Å². The zero-order chi connectivity index (χ0) is 16.8. The molecule has 0 amide bonds. The van der Waals surface area contributed by atoms with E-state index in [1.54, 1.807) is 52.7 Å². The Bertz CT molecular complexity index is 682. The molecule has 0 saturated carbocycles. The molecule has 0 saturated heterocycles. The Hall–Kier alpha value is -2.82. The van der Waals surface area contributed by atoms with E-state index in [9.17, 15) is 5.11 Å². The van der Waals surface area contributed by atoms with E-state index in [1.165, 1.54) is 0 Å². The van der Waals surface area contributed by atoms with E-state index in [2.05, 4.69) is 0 Å². The van der Waals surface area contributed by atoms with E-state index in [0.29, 0.717) is 28.6 Å². The summed E-state index contributed by atoms with van der Waals surface area (Å²) in [7, 11) is 6.26. The Morgan fingerprint density at radius 3 is 1.91 bits per heavy atom. The van der Waals surface area contributed by atoms with Crippen LogP contribution in [-0.4, -0.2) is 33.5 Å². The van der Waals surface area contributed by atoms with Crippen molar-refractivity contribution in [3.05, 3.63) is 41.5 Å². The molecule has 2 aromatic rings. The van der Waals surface area contributed by atoms with Gasteiger partial charge in [-0.15, -0.1) is 0 Å². The third kappa shape index (κ3) is 3.69. The molecule has 0 fully saturated rings. The van der Waals surface area contributed by atoms with E-state index in [4.69, 9.17) is 18.9 Å². The molecule has 0 aliphatic heterocycles. The molecule has 2 rings (SSSR count). The summed E-state index contributed by atoms with van der Waals surface area (Å²) < 4.78 is 21.0. The van der Waals surface area contributed by atoms with Crippen LogP contribution in [0.5, 0.6) is 28.7 Å². The lowest BCUT2D eigenvalue weighted by Crippen LogP contribution is -1.95. The average molecular weight is 316 g/mol. The smallest absolute Gasteiger partial charge is 0.203 e. The molecule has 0 bridgehead atoms. The van der Waals surface area contributed by atoms with Crippen molar-refractivity contribution >= 4 is 12.2 Å². The molecule has 0 aliphatic rings. The van der Waals surface area contributed by atoms with Crippen molar-refractivity contribution in [2.45, 2.75) is 0 Å². The van der Waals surface area contributed by atoms with Gasteiger partial charge in [0.15, 0.2) is 11.5 Å². The first-order chi connectivity index (χ1) is 11.1. The Labute approximate surface area is 135 Å². The van der Waals surface area contributed by atoms with Crippen LogP contribution in [0.4, 0.5) is 0 Å². The molecule has 23 heavy (non-hydrogen) atoms. The summed E-state index contributed by atoms with van der Waals surface area (Å²) in [5.74, 6) is 2.44. The highest BCUT2D eigenvalue weighted by atomic mass is 16.5. The van der Waals surface area contributed by atoms with Crippen molar-refractivity contribution in [1.29, 1.82) is 0 Å². The van der Waals surface area contributed by atoms with Gasteiger partial charge in [0.2, 0.25) is 5.75 Å². The molecule has 0 aliphatic carbocycles. The second-order valence-electron chi connectivity index (χ2n) is 4.72. The Morgan fingerprint density at radius 2 is 1.43 bits per heavy atom. The first kappa shape index (κ1) is 16.5. The minimum absolute atomic E-state index is 0.146. The molecule has 0 heterocycles. The highest BCUT2D eigenvalue weighted by Gasteiger charge is 2.12. The molecular weight excluding hydrogens is 296 g/mol. The second-order valence-corrected chi connectivity index (χ2v) is 4.72. The number of hydrogen-bond acceptors (Lipinski definition) is 5. The summed E-state index contributed by atoms with van der Waals surface area (Å²) in [6.07, 6.45) is 3.65. The number of benzene rings is 2. The molecular formula is C18H20O5. The monoisotopic (exact) mass is 316 g/mol. The van der Waals surface area contributed by atoms with Gasteiger partial charge in [-0.1, -0.05) is 12.2 Å². The largest absolute Gasteiger partial charge is 0.507 e. The van der Waals surface area contributed by atoms with Crippen molar-refractivity contribution in [1.82, 2.24) is 0 Å². The van der Waals surface area contributed by atoms with Crippen LogP contribution in [0, 0.1) is 0 Å². The van der Waals surface area contributed by atoms with E-state index in [0.717, 1.165) is 5.56 Å². The lowest BCUT2D eigenvalue weighted by Gasteiger charge is -2.12. The second kappa shape index (κ2) is 7.45. The molecule has 0 spiro atoms. The SMILES string of the molecule is COc1ccc(/C=C\c2cc(OC)c(OC)c(OC)c2)c(O)c1. The van der Waals surface area contributed by atoms with Crippen molar-refractivity contribution in [3.8, 4) is 28.7 Å². The number of hydrogen-bond donors (Lipinski definition) is 1. The molecule has 0 unspecified atom stereocenters. The Morgan fingerprint density at radius 1 is 0.783 bits per heavy atom. The molecule has 2 aromatic carbocycles. The van der Waals surface area contributed by atoms with Crippen LogP contribution in [-0.2, 0) is 0 Å². The Kier molecular flexibility index (Phi) is 5.36. The van der Waals surface area contributed by atoms with E-state index in [1.807, 2.05) is 18.2 Å². The van der Waals surface area contributed by atoms with Crippen LogP contribution >= 0.6 is 0 Å². The standard InChI is InChI=1S/C18H20O5/c1-20-14-8-7-13(15(19)11-14)6-5-12-9-16(21-2)18(23-4)17(10-12)22-3/h5-11,19H,1-4H3/b6-5-. The topological polar surface area (TPSA) is 57.2 Å². The minimum atomic E-state index is 0.146. The lowest BCUT2D eigenvalue weighted by molar-refractivity contribution is 0.324. The van der Waals surface area contributed by atoms with Crippen LogP contribution in [0.15, 0.2) is 30.3 Å². The predicted octanol–water partition coefficient (Wildman–Crippen LogP) is 3.60. The minimum Gasteiger partial charge on any atom is -0.507 e. The maximum atomic E-state index is 9.98. The fourth-order valence-electron chi connectivity index (χ4n) is 2.17. The van der Waals surface area contributed by atoms with Gasteiger partial charge in [0.25, 0.3) is 0 Å². The van der Waals surface area contributed by atoms with Crippen LogP contribution < -0.4 is 18.9 Å². The van der Waals surface area contributed by atoms with Gasteiger partial charge in [0.05, 0.1) is 28.4 Å². The zero-order valence-electron chi connectivity index (χ0n) is 13.6. The number of methoxy groups -OCH3 is 4. The van der Waals surface area contributed by atoms with Crippen molar-refractivity contribution in [2.24, 2.45) is 0 Å². The quantitative estimate of drug-likeness (QED) is 0.825. The fourth-order valence-corrected chi connectivity index (χ4v) is 2.17. The van der Waals surface area contributed by atoms with Crippen molar-refractivity contribution < 1.29 is 24.1 Å². The number of ether oxygens (including phenoxy) is 4. The third-order valence-electron chi connectivity index (χ3n) is 3.38. The molecule has 0 aromatic heterocycles. The highest BCUT2D eigenvalue weighted by Crippen LogP contribution is 2.38. The summed E-state index contributed by atoms with van der Waals surface area (Å²) in [6, 6.07) is 8.79. The van der Waals surface area contributed by atoms with Gasteiger partial charge in [-0.2, -0.15) is 0 Å². The third-order valence-corrected chi connectivity index (χ3v) is 3.38. The van der Waals surface area contributed by atoms with Crippen LogP contribution in [0.2, 0.25) is 0 Å². The van der Waals surface area contributed by atoms with Gasteiger partial charge < -0.3 is 24.1 Å². The Balaban J connectivity index is 2.36. The fraction of sp³-hybridized carbons (Fsp3) is 0.222. The average Bonchev–Trinajstić information content (AvgIpc) is 2.59. The zero-order valence-corrected chi connectivity index (χ0v) is 13.6. The number of phenols is 1. The van der Waals surface area contributed by atoms with Gasteiger partial charge in [0, 0.05) is 11.6 Å². The molecule has 0 radical (unpaired) electrons. The van der Waals surface area contributed by atoms with Gasteiger partial charge in [-0.3, -0.25) is 0 Å². The lowest BCUT2D eigenvalue weighted by atomic mass is 10.1. The van der Waals surface area contributed by atoms with Crippen molar-refractivity contribution in [2.75, 3.05) is 28.4 Å². The van der Waals surface area contributed by atoms with Gasteiger partial charge in [-0.25, -0.2) is 0 Å². The van der Waals surface area contributed by atoms with E-state index < -0.39 is 0 Å². The first-order valence-corrected chi connectivity index (χ1v) is 6.98. The normalized spacial score (nSPS) is 10.6. The van der Waals surface area contributed by atoms with Gasteiger partial charge in [0.1, 0.15) is 11.5 Å². The summed E-state index contributed by atoms with van der Waals surface area (Å²) >= 11 is 0. The predicted molar refractivity (Wildman–Crippen MR) is 89.7 cm³/mol. The molecule has 1 N–H and O–H groups in total. The van der Waals surface area contributed by atoms with Gasteiger partial charge >= 0.3 is 0 Å². The van der Waals surface area contributed by atoms with Crippen LogP contribution in [0.25, 0.3) is 12.2 Å². The number of phenolic OH excluding ortho intramolecular Hbond substituents is 1. The maximum absolute atomic E-state index is 9.98. The summed E-state index contributed by atoms with van der Waals surface area (Å²) in [6.45, 7) is 0. The summed E-state index contributed by atoms with van der Waals surface area (Å²) in [5, 5.41) is 9.98. The van der Waals surface area contributed by atoms with Crippen LogP contribution in [0.3, 0.4) is 0 Å². The first-order valence-electron chi connectivity index (χ1n) is 6.98. The van der Waals surface area contributed by atoms with E-state index >= 15 is 0 Å². The van der Waals surface area contributed by atoms with Crippen molar-refractivity contribution in [3.63, 3.8) is 0 Å².